The minimum atomic E-state index is -4.64. The predicted octanol–water partition coefficient (Wildman–Crippen LogP) is 5.72. The number of benzene rings is 1. The highest BCUT2D eigenvalue weighted by molar-refractivity contribution is 9.10. The third-order valence-electron chi connectivity index (χ3n) is 4.31. The monoisotopic (exact) mass is 523 g/mol. The molecule has 1 amide bonds. The van der Waals surface area contributed by atoms with E-state index in [2.05, 4.69) is 31.4 Å². The van der Waals surface area contributed by atoms with Crippen LogP contribution in [0.2, 0.25) is 10.0 Å². The van der Waals surface area contributed by atoms with Crippen LogP contribution in [-0.4, -0.2) is 25.5 Å². The number of alkyl halides is 3. The normalized spacial score (nSPS) is 12.8. The lowest BCUT2D eigenvalue weighted by molar-refractivity contribution is -0.142. The SMILES string of the molecule is Cc1c(Br)c(C(F)(F)F)nn1C(C)C(=O)Nc1nn(Cc2ccc(Cl)cc2)cc1Cl. The summed E-state index contributed by atoms with van der Waals surface area (Å²) in [5.41, 5.74) is -0.00391. The molecule has 3 rings (SSSR count). The number of carbonyl (C=O) groups excluding carboxylic acids is 1. The number of amides is 1. The van der Waals surface area contributed by atoms with Gasteiger partial charge in [0.15, 0.2) is 11.5 Å². The van der Waals surface area contributed by atoms with E-state index in [0.29, 0.717) is 11.6 Å². The van der Waals surface area contributed by atoms with Gasteiger partial charge in [0.2, 0.25) is 5.91 Å². The van der Waals surface area contributed by atoms with Gasteiger partial charge in [0, 0.05) is 11.2 Å². The van der Waals surface area contributed by atoms with Gasteiger partial charge < -0.3 is 5.32 Å². The van der Waals surface area contributed by atoms with Crippen LogP contribution in [0.15, 0.2) is 34.9 Å². The van der Waals surface area contributed by atoms with Gasteiger partial charge >= 0.3 is 6.18 Å². The quantitative estimate of drug-likeness (QED) is 0.464. The zero-order valence-electron chi connectivity index (χ0n) is 15.6. The zero-order valence-corrected chi connectivity index (χ0v) is 18.7. The van der Waals surface area contributed by atoms with Crippen molar-refractivity contribution >= 4 is 50.9 Å². The Balaban J connectivity index is 1.76. The fourth-order valence-corrected chi connectivity index (χ4v) is 3.54. The van der Waals surface area contributed by atoms with Gasteiger partial charge in [-0.3, -0.25) is 14.2 Å². The molecule has 0 aliphatic carbocycles. The summed E-state index contributed by atoms with van der Waals surface area (Å²) in [7, 11) is 0. The minimum absolute atomic E-state index is 0.0994. The molecular formula is C18H15BrCl2F3N5O. The molecule has 0 aliphatic heterocycles. The second kappa shape index (κ2) is 8.60. The lowest BCUT2D eigenvalue weighted by atomic mass is 10.2. The van der Waals surface area contributed by atoms with E-state index in [1.54, 1.807) is 12.1 Å². The molecule has 0 bridgehead atoms. The summed E-state index contributed by atoms with van der Waals surface area (Å²) >= 11 is 14.9. The lowest BCUT2D eigenvalue weighted by Gasteiger charge is -2.13. The molecule has 3 aromatic rings. The molecule has 1 N–H and O–H groups in total. The summed E-state index contributed by atoms with van der Waals surface area (Å²) in [5.74, 6) is -0.511. The molecule has 2 aromatic heterocycles. The third kappa shape index (κ3) is 4.81. The number of nitrogens with zero attached hydrogens (tertiary/aromatic N) is 4. The molecule has 12 heteroatoms. The molecule has 0 saturated heterocycles. The summed E-state index contributed by atoms with van der Waals surface area (Å²) in [6, 6.07) is 6.11. The van der Waals surface area contributed by atoms with Crippen LogP contribution in [-0.2, 0) is 17.5 Å². The van der Waals surface area contributed by atoms with E-state index in [1.165, 1.54) is 24.7 Å². The summed E-state index contributed by atoms with van der Waals surface area (Å²) in [4.78, 5) is 12.6. The number of nitrogens with one attached hydrogen (secondary N) is 1. The van der Waals surface area contributed by atoms with E-state index in [0.717, 1.165) is 10.2 Å². The number of hydrogen-bond donors (Lipinski definition) is 1. The zero-order chi connectivity index (χ0) is 22.2. The number of aromatic nitrogens is 4. The number of hydrogen-bond acceptors (Lipinski definition) is 3. The first-order chi connectivity index (χ1) is 14.0. The standard InChI is InChI=1S/C18H15BrCl2F3N5O/c1-9-14(19)15(18(22,23)24)26-29(9)10(2)17(30)25-16-13(21)8-28(27-16)7-11-3-5-12(20)6-4-11/h3-6,8,10H,7H2,1-2H3,(H,25,27,30). The Kier molecular flexibility index (Phi) is 6.49. The molecule has 6 nitrogen and oxygen atoms in total. The number of halogens is 6. The molecule has 2 heterocycles. The van der Waals surface area contributed by atoms with E-state index in [4.69, 9.17) is 23.2 Å². The fourth-order valence-electron chi connectivity index (χ4n) is 2.73. The Morgan fingerprint density at radius 3 is 2.43 bits per heavy atom. The van der Waals surface area contributed by atoms with Crippen LogP contribution in [0.25, 0.3) is 0 Å². The van der Waals surface area contributed by atoms with Crippen LogP contribution in [0.3, 0.4) is 0 Å². The number of rotatable bonds is 5. The Labute approximate surface area is 188 Å². The van der Waals surface area contributed by atoms with Crippen molar-refractivity contribution in [3.63, 3.8) is 0 Å². The van der Waals surface area contributed by atoms with Crippen molar-refractivity contribution in [1.29, 1.82) is 0 Å². The molecule has 0 fully saturated rings. The lowest BCUT2D eigenvalue weighted by Crippen LogP contribution is -2.26. The van der Waals surface area contributed by atoms with E-state index in [1.807, 2.05) is 12.1 Å². The third-order valence-corrected chi connectivity index (χ3v) is 5.79. The van der Waals surface area contributed by atoms with Crippen LogP contribution in [0.4, 0.5) is 19.0 Å². The predicted molar refractivity (Wildman–Crippen MR) is 111 cm³/mol. The summed E-state index contributed by atoms with van der Waals surface area (Å²) < 4.78 is 41.5. The van der Waals surface area contributed by atoms with E-state index < -0.39 is 23.8 Å². The van der Waals surface area contributed by atoms with Crippen molar-refractivity contribution in [2.75, 3.05) is 5.32 Å². The average molecular weight is 525 g/mol. The van der Waals surface area contributed by atoms with Gasteiger partial charge in [-0.25, -0.2) is 0 Å². The van der Waals surface area contributed by atoms with Gasteiger partial charge in [-0.2, -0.15) is 23.4 Å². The van der Waals surface area contributed by atoms with E-state index in [-0.39, 0.29) is 21.0 Å². The van der Waals surface area contributed by atoms with Gasteiger partial charge in [-0.05, 0) is 47.5 Å². The molecule has 0 aliphatic rings. The summed E-state index contributed by atoms with van der Waals surface area (Å²) in [5, 5.41) is 11.1. The summed E-state index contributed by atoms with van der Waals surface area (Å²) in [6.45, 7) is 3.26. The number of carbonyl (C=O) groups is 1. The molecule has 0 saturated carbocycles. The number of anilines is 1. The molecule has 160 valence electrons. The van der Waals surface area contributed by atoms with Crippen molar-refractivity contribution < 1.29 is 18.0 Å². The first kappa shape index (κ1) is 22.6. The largest absolute Gasteiger partial charge is 0.436 e. The van der Waals surface area contributed by atoms with Crippen LogP contribution >= 0.6 is 39.1 Å². The first-order valence-corrected chi connectivity index (χ1v) is 10.1. The van der Waals surface area contributed by atoms with Crippen molar-refractivity contribution in [1.82, 2.24) is 19.6 Å². The van der Waals surface area contributed by atoms with Gasteiger partial charge in [-0.15, -0.1) is 0 Å². The topological polar surface area (TPSA) is 64.7 Å². The van der Waals surface area contributed by atoms with Gasteiger partial charge in [0.25, 0.3) is 0 Å². The van der Waals surface area contributed by atoms with E-state index >= 15 is 0 Å². The van der Waals surface area contributed by atoms with Crippen LogP contribution in [0, 0.1) is 6.92 Å². The highest BCUT2D eigenvalue weighted by atomic mass is 79.9. The Morgan fingerprint density at radius 1 is 1.23 bits per heavy atom. The van der Waals surface area contributed by atoms with Gasteiger partial charge in [-0.1, -0.05) is 35.3 Å². The summed E-state index contributed by atoms with van der Waals surface area (Å²) in [6.07, 6.45) is -3.11. The minimum Gasteiger partial charge on any atom is -0.306 e. The molecule has 1 aromatic carbocycles. The van der Waals surface area contributed by atoms with Crippen LogP contribution in [0.5, 0.6) is 0 Å². The Morgan fingerprint density at radius 2 is 1.87 bits per heavy atom. The van der Waals surface area contributed by atoms with Crippen molar-refractivity contribution in [3.05, 3.63) is 61.9 Å². The average Bonchev–Trinajstić information content (AvgIpc) is 3.16. The van der Waals surface area contributed by atoms with Crippen molar-refractivity contribution in [2.45, 2.75) is 32.6 Å². The molecule has 30 heavy (non-hydrogen) atoms. The van der Waals surface area contributed by atoms with Crippen LogP contribution in [0.1, 0.15) is 29.9 Å². The van der Waals surface area contributed by atoms with Gasteiger partial charge in [0.1, 0.15) is 11.1 Å². The highest BCUT2D eigenvalue weighted by Gasteiger charge is 2.39. The molecular weight excluding hydrogens is 510 g/mol. The molecule has 1 atom stereocenters. The Hall–Kier alpha value is -2.04. The smallest absolute Gasteiger partial charge is 0.306 e. The van der Waals surface area contributed by atoms with Crippen molar-refractivity contribution in [3.8, 4) is 0 Å². The molecule has 1 unspecified atom stereocenters. The van der Waals surface area contributed by atoms with Crippen LogP contribution < -0.4 is 5.32 Å². The molecule has 0 radical (unpaired) electrons. The van der Waals surface area contributed by atoms with Crippen molar-refractivity contribution in [2.24, 2.45) is 0 Å². The second-order valence-corrected chi connectivity index (χ2v) is 8.14. The molecule has 0 spiro atoms. The maximum absolute atomic E-state index is 13.1. The second-order valence-electron chi connectivity index (χ2n) is 6.51. The Bertz CT molecular complexity index is 1080. The van der Waals surface area contributed by atoms with Gasteiger partial charge in [0.05, 0.1) is 16.7 Å². The maximum atomic E-state index is 13.1. The fraction of sp³-hybridized carbons (Fsp3) is 0.278. The first-order valence-electron chi connectivity index (χ1n) is 8.57. The van der Waals surface area contributed by atoms with E-state index in [9.17, 15) is 18.0 Å². The maximum Gasteiger partial charge on any atom is 0.436 e. The highest BCUT2D eigenvalue weighted by Crippen LogP contribution is 2.36.